The van der Waals surface area contributed by atoms with Crippen molar-refractivity contribution in [2.45, 2.75) is 12.8 Å². The van der Waals surface area contributed by atoms with Crippen LogP contribution in [0.25, 0.3) is 11.5 Å². The zero-order valence-electron chi connectivity index (χ0n) is 10.0. The van der Waals surface area contributed by atoms with Crippen LogP contribution < -0.4 is 4.90 Å². The lowest BCUT2D eigenvalue weighted by Gasteiger charge is -2.15. The summed E-state index contributed by atoms with van der Waals surface area (Å²) in [5.41, 5.74) is 0.833. The first-order valence-corrected chi connectivity index (χ1v) is 6.27. The molecule has 6 nitrogen and oxygen atoms in total. The van der Waals surface area contributed by atoms with Gasteiger partial charge in [-0.3, -0.25) is 4.68 Å². The third-order valence-electron chi connectivity index (χ3n) is 3.04. The van der Waals surface area contributed by atoms with E-state index in [4.69, 9.17) is 11.6 Å². The van der Waals surface area contributed by atoms with E-state index in [0.29, 0.717) is 11.8 Å². The SMILES string of the molecule is Cn1nccc1-c1nc(Cl)nc(N2CCCC2)n1. The van der Waals surface area contributed by atoms with Gasteiger partial charge in [0.25, 0.3) is 0 Å². The molecule has 0 amide bonds. The number of rotatable bonds is 2. The predicted molar refractivity (Wildman–Crippen MR) is 68.5 cm³/mol. The number of hydrogen-bond acceptors (Lipinski definition) is 5. The molecule has 0 atom stereocenters. The fraction of sp³-hybridized carbons (Fsp3) is 0.455. The Morgan fingerprint density at radius 1 is 1.17 bits per heavy atom. The predicted octanol–water partition coefficient (Wildman–Crippen LogP) is 1.53. The van der Waals surface area contributed by atoms with Gasteiger partial charge in [0.2, 0.25) is 11.2 Å². The molecule has 3 heterocycles. The second-order valence-electron chi connectivity index (χ2n) is 4.26. The summed E-state index contributed by atoms with van der Waals surface area (Å²) in [6.07, 6.45) is 4.05. The summed E-state index contributed by atoms with van der Waals surface area (Å²) < 4.78 is 1.72. The van der Waals surface area contributed by atoms with E-state index in [1.807, 2.05) is 13.1 Å². The molecule has 0 bridgehead atoms. The van der Waals surface area contributed by atoms with E-state index in [1.54, 1.807) is 10.9 Å². The van der Waals surface area contributed by atoms with Crippen molar-refractivity contribution in [3.8, 4) is 11.5 Å². The fourth-order valence-corrected chi connectivity index (χ4v) is 2.26. The molecule has 18 heavy (non-hydrogen) atoms. The highest BCUT2D eigenvalue weighted by Gasteiger charge is 2.18. The molecule has 0 aliphatic carbocycles. The summed E-state index contributed by atoms with van der Waals surface area (Å²) in [5.74, 6) is 1.22. The molecule has 0 radical (unpaired) electrons. The van der Waals surface area contributed by atoms with E-state index in [0.717, 1.165) is 18.8 Å². The smallest absolute Gasteiger partial charge is 0.230 e. The van der Waals surface area contributed by atoms with Crippen molar-refractivity contribution in [2.24, 2.45) is 7.05 Å². The van der Waals surface area contributed by atoms with Crippen molar-refractivity contribution in [1.82, 2.24) is 24.7 Å². The van der Waals surface area contributed by atoms with Crippen LogP contribution in [0, 0.1) is 0 Å². The number of halogens is 1. The van der Waals surface area contributed by atoms with Gasteiger partial charge in [-0.05, 0) is 30.5 Å². The van der Waals surface area contributed by atoms with Gasteiger partial charge < -0.3 is 4.90 Å². The van der Waals surface area contributed by atoms with Gasteiger partial charge >= 0.3 is 0 Å². The lowest BCUT2D eigenvalue weighted by atomic mass is 10.4. The summed E-state index contributed by atoms with van der Waals surface area (Å²) in [5, 5.41) is 4.33. The summed E-state index contributed by atoms with van der Waals surface area (Å²) in [7, 11) is 1.85. The average molecular weight is 265 g/mol. The molecule has 0 spiro atoms. The van der Waals surface area contributed by atoms with Crippen LogP contribution in [-0.2, 0) is 7.05 Å². The maximum atomic E-state index is 5.98. The number of aromatic nitrogens is 5. The van der Waals surface area contributed by atoms with Crippen LogP contribution in [0.4, 0.5) is 5.95 Å². The highest BCUT2D eigenvalue weighted by atomic mass is 35.5. The van der Waals surface area contributed by atoms with E-state index < -0.39 is 0 Å². The molecule has 1 fully saturated rings. The van der Waals surface area contributed by atoms with Gasteiger partial charge in [0.05, 0.1) is 0 Å². The van der Waals surface area contributed by atoms with Crippen LogP contribution in [0.2, 0.25) is 5.28 Å². The molecule has 94 valence electrons. The van der Waals surface area contributed by atoms with Gasteiger partial charge in [-0.25, -0.2) is 0 Å². The lowest BCUT2D eigenvalue weighted by Crippen LogP contribution is -2.21. The second kappa shape index (κ2) is 4.53. The summed E-state index contributed by atoms with van der Waals surface area (Å²) in [6, 6.07) is 1.86. The highest BCUT2D eigenvalue weighted by Crippen LogP contribution is 2.21. The van der Waals surface area contributed by atoms with Crippen LogP contribution >= 0.6 is 11.6 Å². The van der Waals surface area contributed by atoms with Crippen molar-refractivity contribution in [3.63, 3.8) is 0 Å². The van der Waals surface area contributed by atoms with Crippen LogP contribution in [0.5, 0.6) is 0 Å². The Morgan fingerprint density at radius 2 is 1.94 bits per heavy atom. The molecule has 7 heteroatoms. The zero-order valence-corrected chi connectivity index (χ0v) is 10.8. The van der Waals surface area contributed by atoms with Crippen molar-refractivity contribution >= 4 is 17.5 Å². The number of nitrogens with zero attached hydrogens (tertiary/aromatic N) is 6. The minimum atomic E-state index is 0.225. The molecular weight excluding hydrogens is 252 g/mol. The summed E-state index contributed by atoms with van der Waals surface area (Å²) in [6.45, 7) is 1.95. The molecule has 2 aromatic rings. The van der Waals surface area contributed by atoms with Gasteiger partial charge in [0.1, 0.15) is 5.69 Å². The minimum Gasteiger partial charge on any atom is -0.341 e. The third kappa shape index (κ3) is 2.03. The number of hydrogen-bond donors (Lipinski definition) is 0. The molecule has 1 saturated heterocycles. The van der Waals surface area contributed by atoms with Gasteiger partial charge in [0, 0.05) is 26.3 Å². The molecule has 0 aromatic carbocycles. The topological polar surface area (TPSA) is 59.7 Å². The maximum absolute atomic E-state index is 5.98. The molecular formula is C11H13ClN6. The van der Waals surface area contributed by atoms with Crippen LogP contribution in [0.1, 0.15) is 12.8 Å². The van der Waals surface area contributed by atoms with Crippen LogP contribution in [-0.4, -0.2) is 37.8 Å². The molecule has 0 saturated carbocycles. The minimum absolute atomic E-state index is 0.225. The van der Waals surface area contributed by atoms with Gasteiger partial charge in [-0.1, -0.05) is 0 Å². The van der Waals surface area contributed by atoms with Crippen molar-refractivity contribution in [3.05, 3.63) is 17.5 Å². The number of anilines is 1. The number of aryl methyl sites for hydroxylation is 1. The second-order valence-corrected chi connectivity index (χ2v) is 4.60. The van der Waals surface area contributed by atoms with Gasteiger partial charge in [-0.2, -0.15) is 20.1 Å². The Bertz CT molecular complexity index is 560. The summed E-state index contributed by atoms with van der Waals surface area (Å²) >= 11 is 5.98. The Morgan fingerprint density at radius 3 is 2.61 bits per heavy atom. The normalized spacial score (nSPS) is 15.3. The van der Waals surface area contributed by atoms with Gasteiger partial charge in [0.15, 0.2) is 5.82 Å². The first kappa shape index (κ1) is 11.4. The Kier molecular flexibility index (Phi) is 2.87. The zero-order chi connectivity index (χ0) is 12.5. The molecule has 1 aliphatic rings. The first-order chi connectivity index (χ1) is 8.74. The lowest BCUT2D eigenvalue weighted by molar-refractivity contribution is 0.767. The quantitative estimate of drug-likeness (QED) is 0.823. The van der Waals surface area contributed by atoms with E-state index in [2.05, 4.69) is 25.0 Å². The highest BCUT2D eigenvalue weighted by molar-refractivity contribution is 6.28. The van der Waals surface area contributed by atoms with E-state index in [-0.39, 0.29) is 5.28 Å². The fourth-order valence-electron chi connectivity index (χ4n) is 2.11. The summed E-state index contributed by atoms with van der Waals surface area (Å²) in [4.78, 5) is 15.0. The van der Waals surface area contributed by atoms with Gasteiger partial charge in [-0.15, -0.1) is 0 Å². The van der Waals surface area contributed by atoms with E-state index in [1.165, 1.54) is 12.8 Å². The van der Waals surface area contributed by atoms with Crippen molar-refractivity contribution in [2.75, 3.05) is 18.0 Å². The van der Waals surface area contributed by atoms with Crippen molar-refractivity contribution in [1.29, 1.82) is 0 Å². The first-order valence-electron chi connectivity index (χ1n) is 5.89. The van der Waals surface area contributed by atoms with Crippen LogP contribution in [0.15, 0.2) is 12.3 Å². The molecule has 2 aromatic heterocycles. The Hall–Kier alpha value is -1.69. The Labute approximate surface area is 110 Å². The largest absolute Gasteiger partial charge is 0.341 e. The van der Waals surface area contributed by atoms with Crippen LogP contribution in [0.3, 0.4) is 0 Å². The monoisotopic (exact) mass is 264 g/mol. The van der Waals surface area contributed by atoms with E-state index >= 15 is 0 Å². The molecule has 0 N–H and O–H groups in total. The standard InChI is InChI=1S/C11H13ClN6/c1-17-8(4-5-13-17)9-14-10(12)16-11(15-9)18-6-2-3-7-18/h4-5H,2-3,6-7H2,1H3. The average Bonchev–Trinajstić information content (AvgIpc) is 2.98. The Balaban J connectivity index is 2.03. The third-order valence-corrected chi connectivity index (χ3v) is 3.20. The molecule has 1 aliphatic heterocycles. The molecule has 3 rings (SSSR count). The van der Waals surface area contributed by atoms with Crippen molar-refractivity contribution < 1.29 is 0 Å². The molecule has 0 unspecified atom stereocenters. The van der Waals surface area contributed by atoms with E-state index in [9.17, 15) is 0 Å². The maximum Gasteiger partial charge on any atom is 0.230 e.